The Labute approximate surface area is 110 Å². The Bertz CT molecular complexity index is 295. The zero-order chi connectivity index (χ0) is 13.2. The van der Waals surface area contributed by atoms with Gasteiger partial charge in [0.2, 0.25) is 0 Å². The number of ether oxygens (including phenoxy) is 1. The van der Waals surface area contributed by atoms with Crippen LogP contribution in [0.4, 0.5) is 4.79 Å². The van der Waals surface area contributed by atoms with Crippen molar-refractivity contribution in [3.05, 3.63) is 0 Å². The lowest BCUT2D eigenvalue weighted by Crippen LogP contribution is -2.40. The van der Waals surface area contributed by atoms with Crippen LogP contribution in [0.15, 0.2) is 0 Å². The number of hydrogen-bond acceptors (Lipinski definition) is 3. The standard InChI is InChI=1S/C14H26N2O2/c1-14(2,3)18-13(17)16-8-7-12(10-16)15-9-11-5-4-6-11/h11-12,15H,4-10H2,1-3H3/t12-/m1/s1. The van der Waals surface area contributed by atoms with Gasteiger partial charge in [0.15, 0.2) is 0 Å². The Morgan fingerprint density at radius 3 is 2.61 bits per heavy atom. The lowest BCUT2D eigenvalue weighted by molar-refractivity contribution is 0.0290. The number of likely N-dealkylation sites (tertiary alicyclic amines) is 1. The SMILES string of the molecule is CC(C)(C)OC(=O)N1CC[C@@H](NCC2CCC2)C1. The molecule has 1 N–H and O–H groups in total. The summed E-state index contributed by atoms with van der Waals surface area (Å²) in [6, 6.07) is 0.457. The third-order valence-electron chi connectivity index (χ3n) is 3.76. The Morgan fingerprint density at radius 2 is 2.06 bits per heavy atom. The first-order valence-electron chi connectivity index (χ1n) is 7.15. The van der Waals surface area contributed by atoms with Gasteiger partial charge >= 0.3 is 6.09 Å². The van der Waals surface area contributed by atoms with Crippen LogP contribution in [0.5, 0.6) is 0 Å². The molecule has 1 aliphatic carbocycles. The summed E-state index contributed by atoms with van der Waals surface area (Å²) in [5.74, 6) is 0.876. The Morgan fingerprint density at radius 1 is 1.33 bits per heavy atom. The number of nitrogens with one attached hydrogen (secondary N) is 1. The Balaban J connectivity index is 1.68. The van der Waals surface area contributed by atoms with Crippen LogP contribution in [0.1, 0.15) is 46.5 Å². The summed E-state index contributed by atoms with van der Waals surface area (Å²) >= 11 is 0. The summed E-state index contributed by atoms with van der Waals surface area (Å²) < 4.78 is 5.39. The monoisotopic (exact) mass is 254 g/mol. The van der Waals surface area contributed by atoms with Crippen LogP contribution in [-0.2, 0) is 4.74 Å². The van der Waals surface area contributed by atoms with E-state index in [4.69, 9.17) is 4.74 Å². The second-order valence-electron chi connectivity index (χ2n) is 6.62. The van der Waals surface area contributed by atoms with E-state index in [1.54, 1.807) is 0 Å². The second-order valence-corrected chi connectivity index (χ2v) is 6.62. The van der Waals surface area contributed by atoms with Gasteiger partial charge in [-0.3, -0.25) is 0 Å². The summed E-state index contributed by atoms with van der Waals surface area (Å²) in [5.41, 5.74) is -0.394. The van der Waals surface area contributed by atoms with Gasteiger partial charge in [-0.1, -0.05) is 6.42 Å². The molecule has 1 saturated heterocycles. The van der Waals surface area contributed by atoms with Crippen molar-refractivity contribution in [3.8, 4) is 0 Å². The normalized spacial score (nSPS) is 25.1. The summed E-state index contributed by atoms with van der Waals surface area (Å²) in [6.07, 6.45) is 5.01. The quantitative estimate of drug-likeness (QED) is 0.841. The molecule has 4 heteroatoms. The van der Waals surface area contributed by atoms with Crippen molar-refractivity contribution in [3.63, 3.8) is 0 Å². The van der Waals surface area contributed by atoms with Gasteiger partial charge in [-0.25, -0.2) is 4.79 Å². The van der Waals surface area contributed by atoms with Crippen molar-refractivity contribution in [2.45, 2.75) is 58.1 Å². The van der Waals surface area contributed by atoms with E-state index in [0.29, 0.717) is 6.04 Å². The topological polar surface area (TPSA) is 41.6 Å². The molecule has 0 spiro atoms. The molecule has 0 aromatic carbocycles. The van der Waals surface area contributed by atoms with E-state index in [9.17, 15) is 4.79 Å². The first-order chi connectivity index (χ1) is 8.44. The van der Waals surface area contributed by atoms with Crippen LogP contribution in [0, 0.1) is 5.92 Å². The van der Waals surface area contributed by atoms with Crippen LogP contribution in [-0.4, -0.2) is 42.3 Å². The van der Waals surface area contributed by atoms with E-state index in [1.165, 1.54) is 19.3 Å². The summed E-state index contributed by atoms with van der Waals surface area (Å²) in [6.45, 7) is 8.46. The predicted molar refractivity (Wildman–Crippen MR) is 71.6 cm³/mol. The molecule has 1 amide bonds. The molecular formula is C14H26N2O2. The van der Waals surface area contributed by atoms with Crippen LogP contribution >= 0.6 is 0 Å². The second kappa shape index (κ2) is 5.47. The van der Waals surface area contributed by atoms with Crippen molar-refractivity contribution in [2.75, 3.05) is 19.6 Å². The molecule has 0 aromatic rings. The van der Waals surface area contributed by atoms with Gasteiger partial charge in [0.05, 0.1) is 0 Å². The van der Waals surface area contributed by atoms with Gasteiger partial charge in [0.25, 0.3) is 0 Å². The van der Waals surface area contributed by atoms with Gasteiger partial charge in [0.1, 0.15) is 5.60 Å². The minimum Gasteiger partial charge on any atom is -0.444 e. The lowest BCUT2D eigenvalue weighted by atomic mass is 9.85. The van der Waals surface area contributed by atoms with Gasteiger partial charge in [-0.05, 0) is 52.5 Å². The molecule has 0 bridgehead atoms. The molecule has 18 heavy (non-hydrogen) atoms. The zero-order valence-electron chi connectivity index (χ0n) is 11.9. The minimum atomic E-state index is -0.394. The van der Waals surface area contributed by atoms with Gasteiger partial charge in [-0.15, -0.1) is 0 Å². The first-order valence-corrected chi connectivity index (χ1v) is 7.15. The Hall–Kier alpha value is -0.770. The molecule has 1 saturated carbocycles. The third-order valence-corrected chi connectivity index (χ3v) is 3.76. The molecule has 1 aliphatic heterocycles. The number of carbonyl (C=O) groups is 1. The smallest absolute Gasteiger partial charge is 0.410 e. The van der Waals surface area contributed by atoms with Crippen molar-refractivity contribution in [1.82, 2.24) is 10.2 Å². The average Bonchev–Trinajstić information content (AvgIpc) is 2.61. The van der Waals surface area contributed by atoms with Crippen molar-refractivity contribution in [1.29, 1.82) is 0 Å². The highest BCUT2D eigenvalue weighted by Gasteiger charge is 2.30. The molecule has 0 radical (unpaired) electrons. The van der Waals surface area contributed by atoms with Crippen LogP contribution < -0.4 is 5.32 Å². The fourth-order valence-electron chi connectivity index (χ4n) is 2.45. The molecular weight excluding hydrogens is 228 g/mol. The lowest BCUT2D eigenvalue weighted by Gasteiger charge is -2.27. The van der Waals surface area contributed by atoms with Gasteiger partial charge in [0, 0.05) is 19.1 Å². The van der Waals surface area contributed by atoms with Crippen molar-refractivity contribution < 1.29 is 9.53 Å². The first kappa shape index (κ1) is 13.7. The van der Waals surface area contributed by atoms with Crippen LogP contribution in [0.25, 0.3) is 0 Å². The maximum absolute atomic E-state index is 11.9. The van der Waals surface area contributed by atoms with Crippen LogP contribution in [0.2, 0.25) is 0 Å². The van der Waals surface area contributed by atoms with E-state index in [2.05, 4.69) is 5.32 Å². The Kier molecular flexibility index (Phi) is 4.15. The summed E-state index contributed by atoms with van der Waals surface area (Å²) in [7, 11) is 0. The number of carbonyl (C=O) groups excluding carboxylic acids is 1. The van der Waals surface area contributed by atoms with Crippen LogP contribution in [0.3, 0.4) is 0 Å². The number of hydrogen-bond donors (Lipinski definition) is 1. The van der Waals surface area contributed by atoms with Crippen molar-refractivity contribution in [2.24, 2.45) is 5.92 Å². The highest BCUT2D eigenvalue weighted by atomic mass is 16.6. The van der Waals surface area contributed by atoms with E-state index in [0.717, 1.165) is 32.0 Å². The molecule has 0 unspecified atom stereocenters. The number of nitrogens with zero attached hydrogens (tertiary/aromatic N) is 1. The molecule has 104 valence electrons. The van der Waals surface area contributed by atoms with E-state index >= 15 is 0 Å². The molecule has 0 aromatic heterocycles. The van der Waals surface area contributed by atoms with E-state index < -0.39 is 5.60 Å². The molecule has 2 aliphatic rings. The maximum Gasteiger partial charge on any atom is 0.410 e. The number of amides is 1. The fraction of sp³-hybridized carbons (Fsp3) is 0.929. The molecule has 1 heterocycles. The molecule has 4 nitrogen and oxygen atoms in total. The fourth-order valence-corrected chi connectivity index (χ4v) is 2.45. The predicted octanol–water partition coefficient (Wildman–Crippen LogP) is 2.39. The van der Waals surface area contributed by atoms with E-state index in [1.807, 2.05) is 25.7 Å². The maximum atomic E-state index is 11.9. The summed E-state index contributed by atoms with van der Waals surface area (Å²) in [5, 5.41) is 3.58. The largest absolute Gasteiger partial charge is 0.444 e. The van der Waals surface area contributed by atoms with Gasteiger partial charge < -0.3 is 15.0 Å². The number of rotatable bonds is 3. The van der Waals surface area contributed by atoms with Gasteiger partial charge in [-0.2, -0.15) is 0 Å². The summed E-state index contributed by atoms with van der Waals surface area (Å²) in [4.78, 5) is 13.7. The molecule has 2 fully saturated rings. The molecule has 2 rings (SSSR count). The highest BCUT2D eigenvalue weighted by Crippen LogP contribution is 2.25. The average molecular weight is 254 g/mol. The van der Waals surface area contributed by atoms with E-state index in [-0.39, 0.29) is 6.09 Å². The minimum absolute atomic E-state index is 0.171. The third kappa shape index (κ3) is 3.87. The highest BCUT2D eigenvalue weighted by molar-refractivity contribution is 5.68. The zero-order valence-corrected chi connectivity index (χ0v) is 11.9. The van der Waals surface area contributed by atoms with Crippen molar-refractivity contribution >= 4 is 6.09 Å². The molecule has 1 atom stereocenters.